The van der Waals surface area contributed by atoms with Crippen molar-refractivity contribution in [2.75, 3.05) is 20.2 Å². The minimum Gasteiger partial charge on any atom is -0.495 e. The van der Waals surface area contributed by atoms with Crippen LogP contribution in [0.1, 0.15) is 31.2 Å². The summed E-state index contributed by atoms with van der Waals surface area (Å²) in [6.45, 7) is 2.93. The molecule has 112 valence electrons. The van der Waals surface area contributed by atoms with Crippen LogP contribution >= 0.6 is 11.6 Å². The molecule has 0 bridgehead atoms. The van der Waals surface area contributed by atoms with Gasteiger partial charge in [0.25, 0.3) is 0 Å². The number of hydrogen-bond donors (Lipinski definition) is 0. The van der Waals surface area contributed by atoms with Gasteiger partial charge in [-0.2, -0.15) is 4.31 Å². The molecule has 1 aliphatic heterocycles. The molecule has 20 heavy (non-hydrogen) atoms. The smallest absolute Gasteiger partial charge is 0.246 e. The van der Waals surface area contributed by atoms with Crippen molar-refractivity contribution >= 4 is 21.6 Å². The summed E-state index contributed by atoms with van der Waals surface area (Å²) in [5.41, 5.74) is 0.730. The van der Waals surface area contributed by atoms with Gasteiger partial charge < -0.3 is 4.74 Å². The largest absolute Gasteiger partial charge is 0.495 e. The molecule has 0 spiro atoms. The summed E-state index contributed by atoms with van der Waals surface area (Å²) in [7, 11) is -2.07. The molecule has 1 fully saturated rings. The van der Waals surface area contributed by atoms with Crippen molar-refractivity contribution in [2.45, 2.75) is 37.5 Å². The Kier molecular flexibility index (Phi) is 4.94. The van der Waals surface area contributed by atoms with Gasteiger partial charge in [0, 0.05) is 18.1 Å². The molecule has 1 aliphatic rings. The van der Waals surface area contributed by atoms with E-state index >= 15 is 0 Å². The van der Waals surface area contributed by atoms with Gasteiger partial charge in [-0.25, -0.2) is 8.42 Å². The summed E-state index contributed by atoms with van der Waals surface area (Å²) >= 11 is 6.02. The standard InChI is InChI=1S/C14H20ClNO3S/c1-11-9-12(15)10-13(14(11)19-2)20(17,18)16-7-5-3-4-6-8-16/h9-10H,3-8H2,1-2H3. The third kappa shape index (κ3) is 3.10. The average Bonchev–Trinajstić information content (AvgIpc) is 2.67. The van der Waals surface area contributed by atoms with E-state index in [0.29, 0.717) is 23.9 Å². The van der Waals surface area contributed by atoms with Crippen molar-refractivity contribution < 1.29 is 13.2 Å². The molecule has 1 aromatic carbocycles. The molecule has 1 heterocycles. The highest BCUT2D eigenvalue weighted by Crippen LogP contribution is 2.33. The van der Waals surface area contributed by atoms with Gasteiger partial charge in [-0.3, -0.25) is 0 Å². The lowest BCUT2D eigenvalue weighted by Gasteiger charge is -2.22. The van der Waals surface area contributed by atoms with E-state index in [1.807, 2.05) is 0 Å². The van der Waals surface area contributed by atoms with Crippen LogP contribution in [0, 0.1) is 6.92 Å². The van der Waals surface area contributed by atoms with Crippen LogP contribution in [0.25, 0.3) is 0 Å². The van der Waals surface area contributed by atoms with E-state index in [9.17, 15) is 8.42 Å². The fourth-order valence-corrected chi connectivity index (χ4v) is 4.68. The lowest BCUT2D eigenvalue weighted by Crippen LogP contribution is -2.32. The van der Waals surface area contributed by atoms with Crippen LogP contribution in [0.2, 0.25) is 5.02 Å². The molecule has 2 rings (SSSR count). The van der Waals surface area contributed by atoms with Crippen molar-refractivity contribution in [2.24, 2.45) is 0 Å². The second-order valence-electron chi connectivity index (χ2n) is 5.07. The average molecular weight is 318 g/mol. The maximum Gasteiger partial charge on any atom is 0.246 e. The molecule has 1 saturated heterocycles. The number of aryl methyl sites for hydroxylation is 1. The van der Waals surface area contributed by atoms with Gasteiger partial charge in [0.15, 0.2) is 0 Å². The Morgan fingerprint density at radius 2 is 1.75 bits per heavy atom. The third-order valence-corrected chi connectivity index (χ3v) is 5.71. The number of nitrogens with zero attached hydrogens (tertiary/aromatic N) is 1. The highest BCUT2D eigenvalue weighted by molar-refractivity contribution is 7.89. The van der Waals surface area contributed by atoms with Crippen LogP contribution in [0.3, 0.4) is 0 Å². The topological polar surface area (TPSA) is 46.6 Å². The number of hydrogen-bond acceptors (Lipinski definition) is 3. The van der Waals surface area contributed by atoms with Crippen LogP contribution < -0.4 is 4.74 Å². The highest BCUT2D eigenvalue weighted by Gasteiger charge is 2.29. The SMILES string of the molecule is COc1c(C)cc(Cl)cc1S(=O)(=O)N1CCCCCC1. The number of methoxy groups -OCH3 is 1. The summed E-state index contributed by atoms with van der Waals surface area (Å²) in [4.78, 5) is 0.173. The Morgan fingerprint density at radius 3 is 2.30 bits per heavy atom. The minimum absolute atomic E-state index is 0.173. The Morgan fingerprint density at radius 1 is 1.15 bits per heavy atom. The molecule has 4 nitrogen and oxygen atoms in total. The summed E-state index contributed by atoms with van der Waals surface area (Å²) in [6, 6.07) is 3.19. The molecule has 0 aromatic heterocycles. The van der Waals surface area contributed by atoms with Crippen molar-refractivity contribution in [1.82, 2.24) is 4.31 Å². The van der Waals surface area contributed by atoms with Crippen LogP contribution in [0.15, 0.2) is 17.0 Å². The molecular weight excluding hydrogens is 298 g/mol. The number of rotatable bonds is 3. The number of benzene rings is 1. The Labute approximate surface area is 125 Å². The van der Waals surface area contributed by atoms with Gasteiger partial charge >= 0.3 is 0 Å². The van der Waals surface area contributed by atoms with Gasteiger partial charge in [-0.05, 0) is 37.5 Å². The first-order chi connectivity index (χ1) is 9.46. The molecule has 1 aromatic rings. The Hall–Kier alpha value is -0.780. The maximum absolute atomic E-state index is 12.8. The predicted molar refractivity (Wildman–Crippen MR) is 80.0 cm³/mol. The second kappa shape index (κ2) is 6.33. The van der Waals surface area contributed by atoms with Crippen molar-refractivity contribution in [1.29, 1.82) is 0 Å². The van der Waals surface area contributed by atoms with Crippen molar-refractivity contribution in [3.05, 3.63) is 22.7 Å². The van der Waals surface area contributed by atoms with Gasteiger partial charge in [-0.1, -0.05) is 24.4 Å². The molecule has 0 atom stereocenters. The molecule has 0 N–H and O–H groups in total. The van der Waals surface area contributed by atoms with Gasteiger partial charge in [0.05, 0.1) is 7.11 Å². The first-order valence-electron chi connectivity index (χ1n) is 6.81. The molecule has 6 heteroatoms. The first-order valence-corrected chi connectivity index (χ1v) is 8.63. The van der Waals surface area contributed by atoms with Crippen molar-refractivity contribution in [3.8, 4) is 5.75 Å². The minimum atomic E-state index is -3.55. The van der Waals surface area contributed by atoms with Crippen LogP contribution in [-0.2, 0) is 10.0 Å². The highest BCUT2D eigenvalue weighted by atomic mass is 35.5. The van der Waals surface area contributed by atoms with E-state index in [-0.39, 0.29) is 4.90 Å². The fourth-order valence-electron chi connectivity index (χ4n) is 2.57. The van der Waals surface area contributed by atoms with Gasteiger partial charge in [0.1, 0.15) is 10.6 Å². The quantitative estimate of drug-likeness (QED) is 0.860. The Bertz CT molecular complexity index is 578. The predicted octanol–water partition coefficient (Wildman–Crippen LogP) is 3.22. The Balaban J connectivity index is 2.47. The maximum atomic E-state index is 12.8. The van der Waals surface area contributed by atoms with Crippen LogP contribution in [-0.4, -0.2) is 32.9 Å². The van der Waals surface area contributed by atoms with Crippen LogP contribution in [0.5, 0.6) is 5.75 Å². The zero-order valence-electron chi connectivity index (χ0n) is 11.9. The van der Waals surface area contributed by atoms with E-state index in [0.717, 1.165) is 31.2 Å². The first kappa shape index (κ1) is 15.6. The van der Waals surface area contributed by atoms with E-state index in [2.05, 4.69) is 0 Å². The summed E-state index contributed by atoms with van der Waals surface area (Å²) in [5, 5.41) is 0.414. The zero-order valence-corrected chi connectivity index (χ0v) is 13.4. The second-order valence-corrected chi connectivity index (χ2v) is 7.42. The molecule has 0 amide bonds. The molecule has 0 unspecified atom stereocenters. The zero-order chi connectivity index (χ0) is 14.8. The molecule has 0 radical (unpaired) electrons. The van der Waals surface area contributed by atoms with E-state index in [1.165, 1.54) is 13.2 Å². The van der Waals surface area contributed by atoms with Gasteiger partial charge in [-0.15, -0.1) is 0 Å². The van der Waals surface area contributed by atoms with E-state index in [4.69, 9.17) is 16.3 Å². The third-order valence-electron chi connectivity index (χ3n) is 3.59. The summed E-state index contributed by atoms with van der Waals surface area (Å²) in [5.74, 6) is 0.388. The number of ether oxygens (including phenoxy) is 1. The molecule has 0 aliphatic carbocycles. The summed E-state index contributed by atoms with van der Waals surface area (Å²) < 4.78 is 32.4. The number of halogens is 1. The fraction of sp³-hybridized carbons (Fsp3) is 0.571. The van der Waals surface area contributed by atoms with E-state index < -0.39 is 10.0 Å². The normalized spacial score (nSPS) is 17.8. The molecular formula is C14H20ClNO3S. The number of sulfonamides is 1. The molecule has 0 saturated carbocycles. The lowest BCUT2D eigenvalue weighted by molar-refractivity contribution is 0.389. The van der Waals surface area contributed by atoms with E-state index in [1.54, 1.807) is 17.3 Å². The summed E-state index contributed by atoms with van der Waals surface area (Å²) in [6.07, 6.45) is 3.97. The lowest BCUT2D eigenvalue weighted by atomic mass is 10.2. The van der Waals surface area contributed by atoms with Crippen molar-refractivity contribution in [3.63, 3.8) is 0 Å². The van der Waals surface area contributed by atoms with Crippen LogP contribution in [0.4, 0.5) is 0 Å². The van der Waals surface area contributed by atoms with Gasteiger partial charge in [0.2, 0.25) is 10.0 Å². The monoisotopic (exact) mass is 317 g/mol.